The second kappa shape index (κ2) is 11.4. The molecule has 4 rings (SSSR count). The first-order valence-electron chi connectivity index (χ1n) is 13.2. The quantitative estimate of drug-likeness (QED) is 0.466. The third-order valence-electron chi connectivity index (χ3n) is 7.82. The van der Waals surface area contributed by atoms with E-state index in [0.29, 0.717) is 38.8 Å². The third-order valence-corrected chi connectivity index (χ3v) is 7.82. The Morgan fingerprint density at radius 2 is 1.97 bits per heavy atom. The highest BCUT2D eigenvalue weighted by molar-refractivity contribution is 5.85. The predicted octanol–water partition coefficient (Wildman–Crippen LogP) is 3.96. The van der Waals surface area contributed by atoms with Crippen molar-refractivity contribution in [2.45, 2.75) is 88.3 Å². The molecule has 10 heteroatoms. The number of aliphatic carboxylic acids is 1. The second-order valence-electron chi connectivity index (χ2n) is 10.7. The van der Waals surface area contributed by atoms with Crippen molar-refractivity contribution < 1.29 is 27.9 Å². The largest absolute Gasteiger partial charge is 0.480 e. The van der Waals surface area contributed by atoms with Crippen LogP contribution in [-0.4, -0.2) is 70.7 Å². The molecule has 3 aliphatic rings. The number of carbonyl (C=O) groups is 2. The van der Waals surface area contributed by atoms with Crippen molar-refractivity contribution >= 4 is 17.7 Å². The Hall–Kier alpha value is -2.36. The van der Waals surface area contributed by atoms with Crippen molar-refractivity contribution in [3.05, 3.63) is 23.4 Å². The molecule has 1 aliphatic carbocycles. The molecule has 7 nitrogen and oxygen atoms in total. The van der Waals surface area contributed by atoms with Gasteiger partial charge in [0.1, 0.15) is 17.5 Å². The number of carboxylic acid groups (broad SMARTS) is 1. The van der Waals surface area contributed by atoms with Crippen molar-refractivity contribution in [1.29, 1.82) is 0 Å². The molecule has 2 fully saturated rings. The van der Waals surface area contributed by atoms with Crippen LogP contribution in [0.3, 0.4) is 0 Å². The van der Waals surface area contributed by atoms with E-state index in [1.54, 1.807) is 0 Å². The van der Waals surface area contributed by atoms with Gasteiger partial charge < -0.3 is 20.6 Å². The standard InChI is InChI=1S/C26H37F3N4O3/c27-25(11-8-20-5-4-18-3-1-14-30-22(18)31-20)10-2-15-33(17-25)16-9-21(24(35)36)32-23(34)19-6-12-26(28,29)13-7-19/h4-5,19,21H,1-3,6-17H2,(H,30,31)(H,32,34)(H,35,36). The van der Waals surface area contributed by atoms with E-state index >= 15 is 4.39 Å². The predicted molar refractivity (Wildman–Crippen MR) is 130 cm³/mol. The fourth-order valence-electron chi connectivity index (χ4n) is 5.59. The molecule has 36 heavy (non-hydrogen) atoms. The number of likely N-dealkylation sites (tertiary alicyclic amines) is 1. The summed E-state index contributed by atoms with van der Waals surface area (Å²) in [6.07, 6.45) is 3.64. The lowest BCUT2D eigenvalue weighted by molar-refractivity contribution is -0.143. The number of piperidine rings is 1. The molecule has 1 saturated carbocycles. The summed E-state index contributed by atoms with van der Waals surface area (Å²) in [6, 6.07) is 2.92. The highest BCUT2D eigenvalue weighted by atomic mass is 19.3. The van der Waals surface area contributed by atoms with Gasteiger partial charge in [0.2, 0.25) is 11.8 Å². The van der Waals surface area contributed by atoms with Gasteiger partial charge in [-0.3, -0.25) is 4.79 Å². The van der Waals surface area contributed by atoms with E-state index in [-0.39, 0.29) is 38.6 Å². The number of rotatable bonds is 9. The Bertz CT molecular complexity index is 937. The third kappa shape index (κ3) is 7.11. The molecule has 2 unspecified atom stereocenters. The molecule has 2 atom stereocenters. The van der Waals surface area contributed by atoms with Gasteiger partial charge in [0.05, 0.1) is 0 Å². The van der Waals surface area contributed by atoms with Crippen LogP contribution >= 0.6 is 0 Å². The number of anilines is 1. The minimum atomic E-state index is -2.75. The van der Waals surface area contributed by atoms with Crippen LogP contribution in [0, 0.1) is 5.92 Å². The maximum atomic E-state index is 15.7. The maximum absolute atomic E-state index is 15.7. The zero-order valence-electron chi connectivity index (χ0n) is 20.7. The minimum Gasteiger partial charge on any atom is -0.480 e. The van der Waals surface area contributed by atoms with Crippen LogP contribution in [0.5, 0.6) is 0 Å². The smallest absolute Gasteiger partial charge is 0.326 e. The van der Waals surface area contributed by atoms with E-state index in [0.717, 1.165) is 30.9 Å². The van der Waals surface area contributed by atoms with Gasteiger partial charge in [-0.05, 0) is 76.0 Å². The Balaban J connectivity index is 1.25. The van der Waals surface area contributed by atoms with Crippen molar-refractivity contribution in [3.63, 3.8) is 0 Å². The molecule has 3 heterocycles. The Morgan fingerprint density at radius 1 is 1.19 bits per heavy atom. The molecule has 3 N–H and O–H groups in total. The van der Waals surface area contributed by atoms with Gasteiger partial charge in [0, 0.05) is 44.1 Å². The molecule has 200 valence electrons. The van der Waals surface area contributed by atoms with Crippen LogP contribution in [0.15, 0.2) is 12.1 Å². The van der Waals surface area contributed by atoms with Gasteiger partial charge in [-0.1, -0.05) is 6.07 Å². The van der Waals surface area contributed by atoms with Gasteiger partial charge in [-0.25, -0.2) is 22.9 Å². The zero-order chi connectivity index (χ0) is 25.8. The number of halogens is 3. The highest BCUT2D eigenvalue weighted by Crippen LogP contribution is 2.36. The van der Waals surface area contributed by atoms with Gasteiger partial charge in [-0.15, -0.1) is 0 Å². The van der Waals surface area contributed by atoms with E-state index in [1.807, 2.05) is 11.0 Å². The summed E-state index contributed by atoms with van der Waals surface area (Å²) in [6.45, 7) is 2.13. The van der Waals surface area contributed by atoms with E-state index in [1.165, 1.54) is 5.56 Å². The van der Waals surface area contributed by atoms with Crippen LogP contribution in [-0.2, 0) is 22.4 Å². The fourth-order valence-corrected chi connectivity index (χ4v) is 5.59. The Morgan fingerprint density at radius 3 is 2.72 bits per heavy atom. The van der Waals surface area contributed by atoms with Gasteiger partial charge in [-0.2, -0.15) is 0 Å². The molecular formula is C26H37F3N4O3. The minimum absolute atomic E-state index is 0.0524. The molecule has 0 spiro atoms. The first kappa shape index (κ1) is 26.7. The summed E-state index contributed by atoms with van der Waals surface area (Å²) < 4.78 is 42.5. The monoisotopic (exact) mass is 510 g/mol. The molecule has 1 amide bonds. The molecule has 0 aromatic carbocycles. The Kier molecular flexibility index (Phi) is 8.42. The van der Waals surface area contributed by atoms with E-state index in [4.69, 9.17) is 0 Å². The average molecular weight is 511 g/mol. The molecule has 0 radical (unpaired) electrons. The molecular weight excluding hydrogens is 473 g/mol. The summed E-state index contributed by atoms with van der Waals surface area (Å²) in [4.78, 5) is 30.8. The summed E-state index contributed by atoms with van der Waals surface area (Å²) in [5, 5.41) is 15.4. The van der Waals surface area contributed by atoms with Crippen LogP contribution < -0.4 is 10.6 Å². The maximum Gasteiger partial charge on any atom is 0.326 e. The SMILES string of the molecule is O=C(NC(CCN1CCCC(F)(CCc2ccc3c(n2)NCCC3)C1)C(=O)O)C1CCC(F)(F)CC1. The zero-order valence-corrected chi connectivity index (χ0v) is 20.7. The first-order valence-corrected chi connectivity index (χ1v) is 13.2. The van der Waals surface area contributed by atoms with Crippen molar-refractivity contribution in [3.8, 4) is 0 Å². The number of aryl methyl sites for hydroxylation is 2. The van der Waals surface area contributed by atoms with Gasteiger partial charge in [0.25, 0.3) is 0 Å². The van der Waals surface area contributed by atoms with Gasteiger partial charge >= 0.3 is 5.97 Å². The topological polar surface area (TPSA) is 94.6 Å². The lowest BCUT2D eigenvalue weighted by Gasteiger charge is -2.38. The van der Waals surface area contributed by atoms with Crippen LogP contribution in [0.1, 0.15) is 69.0 Å². The normalized spacial score (nSPS) is 25.4. The molecule has 1 aromatic heterocycles. The summed E-state index contributed by atoms with van der Waals surface area (Å²) in [7, 11) is 0. The number of nitrogens with one attached hydrogen (secondary N) is 2. The van der Waals surface area contributed by atoms with Crippen LogP contribution in [0.4, 0.5) is 19.0 Å². The summed E-state index contributed by atoms with van der Waals surface area (Å²) in [5.41, 5.74) is 0.690. The average Bonchev–Trinajstić information content (AvgIpc) is 2.85. The Labute approximate surface area is 210 Å². The molecule has 1 saturated heterocycles. The van der Waals surface area contributed by atoms with Crippen LogP contribution in [0.25, 0.3) is 0 Å². The molecule has 0 bridgehead atoms. The van der Waals surface area contributed by atoms with Gasteiger partial charge in [0.15, 0.2) is 0 Å². The number of amides is 1. The van der Waals surface area contributed by atoms with E-state index < -0.39 is 35.4 Å². The second-order valence-corrected chi connectivity index (χ2v) is 10.7. The number of aromatic nitrogens is 1. The van der Waals surface area contributed by atoms with Crippen molar-refractivity contribution in [2.24, 2.45) is 5.92 Å². The highest BCUT2D eigenvalue weighted by Gasteiger charge is 2.39. The summed E-state index contributed by atoms with van der Waals surface area (Å²) >= 11 is 0. The van der Waals surface area contributed by atoms with Crippen LogP contribution in [0.2, 0.25) is 0 Å². The number of carboxylic acids is 1. The number of carbonyl (C=O) groups excluding carboxylic acids is 1. The lowest BCUT2D eigenvalue weighted by Crippen LogP contribution is -2.49. The number of nitrogens with zero attached hydrogens (tertiary/aromatic N) is 2. The van der Waals surface area contributed by atoms with Crippen molar-refractivity contribution in [2.75, 3.05) is 31.5 Å². The first-order chi connectivity index (χ1) is 17.1. The fraction of sp³-hybridized carbons (Fsp3) is 0.731. The number of pyridine rings is 1. The molecule has 2 aliphatic heterocycles. The van der Waals surface area contributed by atoms with E-state index in [9.17, 15) is 23.5 Å². The summed E-state index contributed by atoms with van der Waals surface area (Å²) in [5.74, 6) is -4.08. The lowest BCUT2D eigenvalue weighted by atomic mass is 9.86. The van der Waals surface area contributed by atoms with E-state index in [2.05, 4.69) is 21.7 Å². The number of hydrogen-bond donors (Lipinski definition) is 3. The van der Waals surface area contributed by atoms with Crippen molar-refractivity contribution in [1.82, 2.24) is 15.2 Å². The number of hydrogen-bond acceptors (Lipinski definition) is 5. The number of fused-ring (bicyclic) bond motifs is 1. The molecule has 1 aromatic rings. The number of alkyl halides is 3.